The fraction of sp³-hybridized carbons (Fsp3) is 0.138. The predicted octanol–water partition coefficient (Wildman–Crippen LogP) is 6.63. The van der Waals surface area contributed by atoms with Crippen molar-refractivity contribution < 1.29 is 4.79 Å². The summed E-state index contributed by atoms with van der Waals surface area (Å²) in [4.78, 5) is 13.3. The molecule has 0 aliphatic heterocycles. The van der Waals surface area contributed by atoms with Gasteiger partial charge >= 0.3 is 0 Å². The molecule has 0 unspecified atom stereocenters. The molecule has 0 saturated carbocycles. The number of benzene rings is 3. The Morgan fingerprint density at radius 3 is 2.09 bits per heavy atom. The van der Waals surface area contributed by atoms with Crippen LogP contribution in [0.5, 0.6) is 0 Å². The second kappa shape index (κ2) is 9.76. The van der Waals surface area contributed by atoms with Gasteiger partial charge in [-0.3, -0.25) is 9.36 Å². The average Bonchev–Trinajstić information content (AvgIpc) is 3.44. The van der Waals surface area contributed by atoms with Gasteiger partial charge in [-0.25, -0.2) is 0 Å². The van der Waals surface area contributed by atoms with Crippen LogP contribution in [0.4, 0.5) is 0 Å². The SMILES string of the molecule is Cc1ccc(-n2c(C)cc(C(=O)CSc3nnc(-c4ccccc4)n3-c3ccccc3)c2C)cc1. The zero-order chi connectivity index (χ0) is 24.4. The lowest BCUT2D eigenvalue weighted by Crippen LogP contribution is -2.07. The highest BCUT2D eigenvalue weighted by atomic mass is 32.2. The molecule has 5 aromatic rings. The van der Waals surface area contributed by atoms with Crippen molar-refractivity contribution in [2.24, 2.45) is 0 Å². The van der Waals surface area contributed by atoms with Crippen LogP contribution in [0.25, 0.3) is 22.8 Å². The molecule has 0 spiro atoms. The largest absolute Gasteiger partial charge is 0.318 e. The first-order chi connectivity index (χ1) is 17.0. The topological polar surface area (TPSA) is 52.7 Å². The summed E-state index contributed by atoms with van der Waals surface area (Å²) >= 11 is 1.41. The van der Waals surface area contributed by atoms with Gasteiger partial charge in [0.05, 0.1) is 5.75 Å². The zero-order valence-corrected chi connectivity index (χ0v) is 20.8. The van der Waals surface area contributed by atoms with Crippen LogP contribution in [0, 0.1) is 20.8 Å². The van der Waals surface area contributed by atoms with Crippen LogP contribution in [0.2, 0.25) is 0 Å². The molecule has 0 aliphatic carbocycles. The van der Waals surface area contributed by atoms with Gasteiger partial charge in [0.1, 0.15) is 0 Å². The summed E-state index contributed by atoms with van der Waals surface area (Å²) in [6.45, 7) is 6.11. The minimum Gasteiger partial charge on any atom is -0.318 e. The third-order valence-corrected chi connectivity index (χ3v) is 6.96. The second-order valence-corrected chi connectivity index (χ2v) is 9.45. The van der Waals surface area contributed by atoms with Gasteiger partial charge in [-0.1, -0.05) is 78.0 Å². The van der Waals surface area contributed by atoms with Gasteiger partial charge in [-0.2, -0.15) is 0 Å². The summed E-state index contributed by atoms with van der Waals surface area (Å²) in [5.74, 6) is 1.10. The maximum absolute atomic E-state index is 13.3. The highest BCUT2D eigenvalue weighted by molar-refractivity contribution is 7.99. The summed E-state index contributed by atoms with van der Waals surface area (Å²) in [6, 6.07) is 30.3. The molecule has 0 radical (unpaired) electrons. The average molecular weight is 479 g/mol. The molecule has 2 aromatic heterocycles. The molecule has 5 nitrogen and oxygen atoms in total. The van der Waals surface area contributed by atoms with Crippen molar-refractivity contribution in [2.75, 3.05) is 5.75 Å². The molecule has 2 heterocycles. The van der Waals surface area contributed by atoms with Crippen LogP contribution in [-0.2, 0) is 0 Å². The number of hydrogen-bond donors (Lipinski definition) is 0. The van der Waals surface area contributed by atoms with Gasteiger partial charge in [0.25, 0.3) is 0 Å². The fourth-order valence-corrected chi connectivity index (χ4v) is 5.13. The molecule has 0 N–H and O–H groups in total. The molecule has 5 rings (SSSR count). The van der Waals surface area contributed by atoms with Crippen molar-refractivity contribution in [3.63, 3.8) is 0 Å². The van der Waals surface area contributed by atoms with E-state index >= 15 is 0 Å². The van der Waals surface area contributed by atoms with Crippen LogP contribution in [0.3, 0.4) is 0 Å². The summed E-state index contributed by atoms with van der Waals surface area (Å²) in [5.41, 5.74) is 6.94. The number of aromatic nitrogens is 4. The van der Waals surface area contributed by atoms with Crippen molar-refractivity contribution in [3.05, 3.63) is 114 Å². The number of rotatable bonds is 7. The van der Waals surface area contributed by atoms with Crippen LogP contribution in [0.1, 0.15) is 27.3 Å². The number of Topliss-reactive ketones (excluding diaryl/α,β-unsaturated/α-hetero) is 1. The highest BCUT2D eigenvalue weighted by Gasteiger charge is 2.20. The normalized spacial score (nSPS) is 11.1. The van der Waals surface area contributed by atoms with Gasteiger partial charge in [-0.15, -0.1) is 10.2 Å². The van der Waals surface area contributed by atoms with Gasteiger partial charge in [-0.05, 0) is 51.1 Å². The van der Waals surface area contributed by atoms with Crippen molar-refractivity contribution in [1.29, 1.82) is 0 Å². The number of hydrogen-bond acceptors (Lipinski definition) is 4. The van der Waals surface area contributed by atoms with E-state index in [0.717, 1.165) is 39.7 Å². The molecule has 0 aliphatic rings. The minimum atomic E-state index is 0.0744. The first-order valence-electron chi connectivity index (χ1n) is 11.5. The van der Waals surface area contributed by atoms with Crippen LogP contribution >= 0.6 is 11.8 Å². The molecule has 35 heavy (non-hydrogen) atoms. The number of carbonyl (C=O) groups excluding carboxylic acids is 1. The van der Waals surface area contributed by atoms with Crippen molar-refractivity contribution in [1.82, 2.24) is 19.3 Å². The number of nitrogens with zero attached hydrogens (tertiary/aromatic N) is 4. The molecule has 3 aromatic carbocycles. The maximum Gasteiger partial charge on any atom is 0.196 e. The number of ketones is 1. The fourth-order valence-electron chi connectivity index (χ4n) is 4.29. The number of thioether (sulfide) groups is 1. The van der Waals surface area contributed by atoms with E-state index in [-0.39, 0.29) is 11.5 Å². The zero-order valence-electron chi connectivity index (χ0n) is 20.0. The third kappa shape index (κ3) is 4.57. The lowest BCUT2D eigenvalue weighted by molar-refractivity contribution is 0.102. The van der Waals surface area contributed by atoms with E-state index < -0.39 is 0 Å². The Kier molecular flexibility index (Phi) is 6.38. The summed E-state index contributed by atoms with van der Waals surface area (Å²) in [7, 11) is 0. The van der Waals surface area contributed by atoms with Crippen LogP contribution in [0.15, 0.2) is 96.2 Å². The first-order valence-corrected chi connectivity index (χ1v) is 12.5. The van der Waals surface area contributed by atoms with Gasteiger partial charge in [0.2, 0.25) is 0 Å². The molecule has 6 heteroatoms. The molecular formula is C29H26N4OS. The third-order valence-electron chi connectivity index (χ3n) is 6.04. The predicted molar refractivity (Wildman–Crippen MR) is 142 cm³/mol. The Balaban J connectivity index is 1.44. The highest BCUT2D eigenvalue weighted by Crippen LogP contribution is 2.29. The Bertz CT molecular complexity index is 1470. The summed E-state index contributed by atoms with van der Waals surface area (Å²) in [5, 5.41) is 9.62. The van der Waals surface area contributed by atoms with E-state index in [9.17, 15) is 4.79 Å². The van der Waals surface area contributed by atoms with Crippen molar-refractivity contribution >= 4 is 17.5 Å². The second-order valence-electron chi connectivity index (χ2n) is 8.51. The number of aryl methyl sites for hydroxylation is 2. The van der Waals surface area contributed by atoms with Crippen molar-refractivity contribution in [3.8, 4) is 22.8 Å². The van der Waals surface area contributed by atoms with E-state index in [2.05, 4.69) is 46.0 Å². The maximum atomic E-state index is 13.3. The molecule has 174 valence electrons. The van der Waals surface area contributed by atoms with Gasteiger partial charge < -0.3 is 4.57 Å². The number of carbonyl (C=O) groups is 1. The van der Waals surface area contributed by atoms with E-state index in [0.29, 0.717) is 5.16 Å². The van der Waals surface area contributed by atoms with Crippen LogP contribution < -0.4 is 0 Å². The quantitative estimate of drug-likeness (QED) is 0.195. The monoisotopic (exact) mass is 478 g/mol. The molecule has 0 amide bonds. The number of para-hydroxylation sites is 1. The molecular weight excluding hydrogens is 452 g/mol. The summed E-state index contributed by atoms with van der Waals surface area (Å²) in [6.07, 6.45) is 0. The standard InChI is InChI=1S/C29H26N4OS/c1-20-14-16-25(17-15-20)32-21(2)18-26(22(32)3)27(34)19-35-29-31-30-28(23-10-6-4-7-11-23)33(29)24-12-8-5-9-13-24/h4-18H,19H2,1-3H3. The van der Waals surface area contributed by atoms with E-state index in [4.69, 9.17) is 0 Å². The Morgan fingerprint density at radius 1 is 0.771 bits per heavy atom. The van der Waals surface area contributed by atoms with E-state index in [1.54, 1.807) is 0 Å². The van der Waals surface area contributed by atoms with E-state index in [1.807, 2.05) is 85.1 Å². The smallest absolute Gasteiger partial charge is 0.196 e. The van der Waals surface area contributed by atoms with E-state index in [1.165, 1.54) is 17.3 Å². The molecule has 0 saturated heterocycles. The Hall–Kier alpha value is -3.90. The molecule has 0 fully saturated rings. The minimum absolute atomic E-state index is 0.0744. The van der Waals surface area contributed by atoms with Gasteiger partial charge in [0.15, 0.2) is 16.8 Å². The lowest BCUT2D eigenvalue weighted by Gasteiger charge is -2.11. The van der Waals surface area contributed by atoms with Gasteiger partial charge in [0, 0.05) is 33.9 Å². The van der Waals surface area contributed by atoms with Crippen LogP contribution in [-0.4, -0.2) is 30.9 Å². The lowest BCUT2D eigenvalue weighted by atomic mass is 10.2. The Labute approximate surface area is 209 Å². The summed E-state index contributed by atoms with van der Waals surface area (Å²) < 4.78 is 4.15. The van der Waals surface area contributed by atoms with Crippen molar-refractivity contribution in [2.45, 2.75) is 25.9 Å². The molecule has 0 bridgehead atoms. The Morgan fingerprint density at radius 2 is 1.40 bits per heavy atom. The molecule has 0 atom stereocenters. The first kappa shape index (κ1) is 22.9.